The number of urea groups is 1. The Morgan fingerprint density at radius 2 is 1.73 bits per heavy atom. The molecule has 3 rings (SSSR count). The van der Waals surface area contributed by atoms with Gasteiger partial charge in [-0.3, -0.25) is 4.79 Å². The summed E-state index contributed by atoms with van der Waals surface area (Å²) in [4.78, 5) is 23.8. The van der Waals surface area contributed by atoms with E-state index in [0.29, 0.717) is 6.54 Å². The van der Waals surface area contributed by atoms with E-state index in [-0.39, 0.29) is 23.9 Å². The molecule has 2 aromatic rings. The Morgan fingerprint density at radius 1 is 1.04 bits per heavy atom. The second kappa shape index (κ2) is 8.52. The Hall–Kier alpha value is -2.82. The van der Waals surface area contributed by atoms with Crippen molar-refractivity contribution in [3.8, 4) is 0 Å². The van der Waals surface area contributed by atoms with Gasteiger partial charge in [-0.05, 0) is 49.4 Å². The van der Waals surface area contributed by atoms with Crippen molar-refractivity contribution < 1.29 is 9.59 Å². The zero-order valence-electron chi connectivity index (χ0n) is 15.0. The maximum Gasteiger partial charge on any atom is 0.315 e. The summed E-state index contributed by atoms with van der Waals surface area (Å²) in [7, 11) is 0. The third kappa shape index (κ3) is 5.34. The maximum absolute atomic E-state index is 12.0. The number of carbonyl (C=O) groups is 2. The molecule has 0 bridgehead atoms. The second-order valence-electron chi connectivity index (χ2n) is 6.74. The molecule has 3 N–H and O–H groups in total. The van der Waals surface area contributed by atoms with Gasteiger partial charge in [0.25, 0.3) is 0 Å². The molecule has 1 fully saturated rings. The van der Waals surface area contributed by atoms with Crippen molar-refractivity contribution in [2.24, 2.45) is 5.92 Å². The predicted octanol–water partition coefficient (Wildman–Crippen LogP) is 3.64. The topological polar surface area (TPSA) is 70.2 Å². The lowest BCUT2D eigenvalue weighted by molar-refractivity contribution is -0.117. The molecule has 1 aliphatic carbocycles. The normalized spacial score (nSPS) is 14.3. The van der Waals surface area contributed by atoms with Crippen LogP contribution in [-0.4, -0.2) is 18.5 Å². The number of anilines is 1. The molecule has 26 heavy (non-hydrogen) atoms. The first kappa shape index (κ1) is 18.0. The van der Waals surface area contributed by atoms with E-state index in [1.807, 2.05) is 61.5 Å². The molecule has 0 saturated heterocycles. The fraction of sp³-hybridized carbons (Fsp3) is 0.333. The van der Waals surface area contributed by atoms with Gasteiger partial charge in [0.15, 0.2) is 0 Å². The molecule has 1 aliphatic rings. The van der Waals surface area contributed by atoms with E-state index in [1.165, 1.54) is 5.56 Å². The average Bonchev–Trinajstić information content (AvgIpc) is 3.48. The molecule has 0 aliphatic heterocycles. The third-order valence-corrected chi connectivity index (χ3v) is 4.52. The van der Waals surface area contributed by atoms with Crippen LogP contribution in [0.1, 0.15) is 36.9 Å². The number of hydrogen-bond acceptors (Lipinski definition) is 2. The molecule has 0 radical (unpaired) electrons. The smallest absolute Gasteiger partial charge is 0.315 e. The standard InChI is InChI=1S/C21H25N3O2/c1-15(23-21(26)22-14-13-16-5-3-2-4-6-16)17-9-11-19(12-10-17)24-20(25)18-7-8-18/h2-6,9-12,15,18H,7-8,13-14H2,1H3,(H,24,25)(H2,22,23,26). The highest BCUT2D eigenvalue weighted by Gasteiger charge is 2.29. The highest BCUT2D eigenvalue weighted by molar-refractivity contribution is 5.94. The van der Waals surface area contributed by atoms with Gasteiger partial charge in [-0.15, -0.1) is 0 Å². The molecular weight excluding hydrogens is 326 g/mol. The molecule has 0 spiro atoms. The Labute approximate surface area is 154 Å². The van der Waals surface area contributed by atoms with Crippen LogP contribution in [0.4, 0.5) is 10.5 Å². The van der Waals surface area contributed by atoms with Crippen LogP contribution in [-0.2, 0) is 11.2 Å². The van der Waals surface area contributed by atoms with Crippen LogP contribution in [0.2, 0.25) is 0 Å². The van der Waals surface area contributed by atoms with E-state index in [1.54, 1.807) is 0 Å². The van der Waals surface area contributed by atoms with E-state index in [9.17, 15) is 9.59 Å². The minimum absolute atomic E-state index is 0.0988. The van der Waals surface area contributed by atoms with Gasteiger partial charge in [-0.2, -0.15) is 0 Å². The van der Waals surface area contributed by atoms with Crippen LogP contribution in [0.25, 0.3) is 0 Å². The van der Waals surface area contributed by atoms with E-state index < -0.39 is 0 Å². The predicted molar refractivity (Wildman–Crippen MR) is 103 cm³/mol. The Bertz CT molecular complexity index is 740. The van der Waals surface area contributed by atoms with Crippen molar-refractivity contribution in [1.82, 2.24) is 10.6 Å². The fourth-order valence-corrected chi connectivity index (χ4v) is 2.74. The van der Waals surface area contributed by atoms with Gasteiger partial charge >= 0.3 is 6.03 Å². The third-order valence-electron chi connectivity index (χ3n) is 4.52. The fourth-order valence-electron chi connectivity index (χ4n) is 2.74. The largest absolute Gasteiger partial charge is 0.338 e. The number of carbonyl (C=O) groups excluding carboxylic acids is 2. The number of amides is 3. The Morgan fingerprint density at radius 3 is 2.38 bits per heavy atom. The summed E-state index contributed by atoms with van der Waals surface area (Å²) < 4.78 is 0. The van der Waals surface area contributed by atoms with Crippen molar-refractivity contribution in [2.75, 3.05) is 11.9 Å². The van der Waals surface area contributed by atoms with E-state index in [0.717, 1.165) is 30.5 Å². The van der Waals surface area contributed by atoms with Gasteiger partial charge < -0.3 is 16.0 Å². The van der Waals surface area contributed by atoms with Crippen molar-refractivity contribution in [3.63, 3.8) is 0 Å². The van der Waals surface area contributed by atoms with Gasteiger partial charge in [0.1, 0.15) is 0 Å². The minimum Gasteiger partial charge on any atom is -0.338 e. The molecule has 1 atom stereocenters. The number of benzene rings is 2. The first-order chi connectivity index (χ1) is 12.6. The summed E-state index contributed by atoms with van der Waals surface area (Å²) in [5.74, 6) is 0.288. The summed E-state index contributed by atoms with van der Waals surface area (Å²) in [5.41, 5.74) is 2.99. The summed E-state index contributed by atoms with van der Waals surface area (Å²) >= 11 is 0. The molecule has 1 unspecified atom stereocenters. The van der Waals surface area contributed by atoms with E-state index in [4.69, 9.17) is 0 Å². The monoisotopic (exact) mass is 351 g/mol. The van der Waals surface area contributed by atoms with Crippen LogP contribution in [0.3, 0.4) is 0 Å². The van der Waals surface area contributed by atoms with E-state index in [2.05, 4.69) is 16.0 Å². The van der Waals surface area contributed by atoms with E-state index >= 15 is 0 Å². The molecule has 5 nitrogen and oxygen atoms in total. The molecule has 2 aromatic carbocycles. The van der Waals surface area contributed by atoms with Gasteiger partial charge in [0, 0.05) is 18.2 Å². The van der Waals surface area contributed by atoms with Gasteiger partial charge in [0.2, 0.25) is 5.91 Å². The molecule has 136 valence electrons. The minimum atomic E-state index is -0.181. The summed E-state index contributed by atoms with van der Waals surface area (Å²) in [5, 5.41) is 8.73. The zero-order chi connectivity index (χ0) is 18.4. The number of nitrogens with one attached hydrogen (secondary N) is 3. The first-order valence-electron chi connectivity index (χ1n) is 9.11. The average molecular weight is 351 g/mol. The maximum atomic E-state index is 12.0. The lowest BCUT2D eigenvalue weighted by Crippen LogP contribution is -2.38. The summed E-state index contributed by atoms with van der Waals surface area (Å²) in [6.45, 7) is 2.53. The first-order valence-corrected chi connectivity index (χ1v) is 9.11. The number of hydrogen-bond donors (Lipinski definition) is 3. The molecule has 0 heterocycles. The van der Waals surface area contributed by atoms with Crippen LogP contribution in [0.15, 0.2) is 54.6 Å². The molecule has 1 saturated carbocycles. The lowest BCUT2D eigenvalue weighted by atomic mass is 10.1. The quantitative estimate of drug-likeness (QED) is 0.713. The lowest BCUT2D eigenvalue weighted by Gasteiger charge is -2.16. The summed E-state index contributed by atoms with van der Waals surface area (Å²) in [6, 6.07) is 17.4. The molecule has 3 amide bonds. The highest BCUT2D eigenvalue weighted by atomic mass is 16.2. The Kier molecular flexibility index (Phi) is 5.89. The second-order valence-corrected chi connectivity index (χ2v) is 6.74. The molecule has 5 heteroatoms. The highest BCUT2D eigenvalue weighted by Crippen LogP contribution is 2.30. The van der Waals surface area contributed by atoms with Crippen molar-refractivity contribution in [2.45, 2.75) is 32.2 Å². The van der Waals surface area contributed by atoms with Gasteiger partial charge in [0.05, 0.1) is 6.04 Å². The van der Waals surface area contributed by atoms with Gasteiger partial charge in [-0.25, -0.2) is 4.79 Å². The van der Waals surface area contributed by atoms with Crippen LogP contribution >= 0.6 is 0 Å². The van der Waals surface area contributed by atoms with Crippen LogP contribution in [0.5, 0.6) is 0 Å². The van der Waals surface area contributed by atoms with Crippen molar-refractivity contribution in [1.29, 1.82) is 0 Å². The van der Waals surface area contributed by atoms with Crippen LogP contribution < -0.4 is 16.0 Å². The number of rotatable bonds is 7. The molecular formula is C21H25N3O2. The zero-order valence-corrected chi connectivity index (χ0v) is 15.0. The SMILES string of the molecule is CC(NC(=O)NCCc1ccccc1)c1ccc(NC(=O)C2CC2)cc1. The molecule has 0 aromatic heterocycles. The summed E-state index contributed by atoms with van der Waals surface area (Å²) in [6.07, 6.45) is 2.78. The van der Waals surface area contributed by atoms with Crippen molar-refractivity contribution in [3.05, 3.63) is 65.7 Å². The van der Waals surface area contributed by atoms with Crippen molar-refractivity contribution >= 4 is 17.6 Å². The van der Waals surface area contributed by atoms with Crippen LogP contribution in [0, 0.1) is 5.92 Å². The Balaban J connectivity index is 1.42. The van der Waals surface area contributed by atoms with Gasteiger partial charge in [-0.1, -0.05) is 42.5 Å².